The maximum atomic E-state index is 12.4. The Morgan fingerprint density at radius 3 is 2.10 bits per heavy atom. The van der Waals surface area contributed by atoms with Crippen LogP contribution in [0.15, 0.2) is 11.6 Å². The minimum Gasteiger partial charge on any atom is -0.458 e. The molecule has 0 aromatic rings. The van der Waals surface area contributed by atoms with Crippen LogP contribution in [0.2, 0.25) is 0 Å². The van der Waals surface area contributed by atoms with E-state index in [0.29, 0.717) is 19.4 Å². The van der Waals surface area contributed by atoms with Crippen molar-refractivity contribution >= 4 is 5.97 Å². The number of ether oxygens (including phenoxy) is 7. The van der Waals surface area contributed by atoms with Crippen LogP contribution in [0, 0.1) is 34.5 Å². The molecule has 0 aromatic carbocycles. The second-order valence-corrected chi connectivity index (χ2v) is 19.4. The minimum absolute atomic E-state index is 0.0986. The molecule has 7 fully saturated rings. The smallest absolute Gasteiger partial charge is 0.331 e. The van der Waals surface area contributed by atoms with Gasteiger partial charge in [-0.1, -0.05) is 13.8 Å². The van der Waals surface area contributed by atoms with Crippen LogP contribution in [-0.4, -0.2) is 204 Å². The number of esters is 1. The Bertz CT molecular complexity index is 1590. The number of hydrogen-bond donors (Lipinski definition) is 12. The number of rotatable bonds is 8. The van der Waals surface area contributed by atoms with Crippen molar-refractivity contribution < 1.29 is 99.2 Å². The summed E-state index contributed by atoms with van der Waals surface area (Å²) in [6.07, 6.45) is -12.6. The first-order chi connectivity index (χ1) is 29.2. The van der Waals surface area contributed by atoms with Crippen molar-refractivity contribution in [3.05, 3.63) is 11.6 Å². The number of fused-ring (bicyclic) bond motifs is 5. The molecule has 4 aliphatic heterocycles. The molecule has 0 spiro atoms. The summed E-state index contributed by atoms with van der Waals surface area (Å²) >= 11 is 0. The molecule has 4 heterocycles. The largest absolute Gasteiger partial charge is 0.458 e. The topological polar surface area (TPSA) is 324 Å². The van der Waals surface area contributed by atoms with Gasteiger partial charge in [-0.05, 0) is 86.5 Å². The normalized spacial score (nSPS) is 54.0. The highest BCUT2D eigenvalue weighted by Gasteiger charge is 2.69. The van der Waals surface area contributed by atoms with Crippen LogP contribution in [0.5, 0.6) is 0 Å². The Morgan fingerprint density at radius 1 is 0.742 bits per heavy atom. The third-order valence-corrected chi connectivity index (χ3v) is 16.4. The number of carbonyl (C=O) groups is 1. The summed E-state index contributed by atoms with van der Waals surface area (Å²) in [4.78, 5) is 11.8. The van der Waals surface area contributed by atoms with Crippen LogP contribution in [0.3, 0.4) is 0 Å². The Kier molecular flexibility index (Phi) is 14.6. The highest BCUT2D eigenvalue weighted by Crippen LogP contribution is 2.70. The summed E-state index contributed by atoms with van der Waals surface area (Å²) in [5.74, 6) is 0.393. The van der Waals surface area contributed by atoms with Crippen LogP contribution in [0.1, 0.15) is 72.1 Å². The van der Waals surface area contributed by atoms with E-state index in [1.807, 2.05) is 0 Å². The first kappa shape index (κ1) is 48.4. The fourth-order valence-corrected chi connectivity index (χ4v) is 12.6. The molecule has 4 saturated carbocycles. The average Bonchev–Trinajstić information content (AvgIpc) is 3.79. The zero-order valence-electron chi connectivity index (χ0n) is 35.6. The Hall–Kier alpha value is -1.51. The Balaban J connectivity index is 0.000000215. The summed E-state index contributed by atoms with van der Waals surface area (Å²) in [5.41, 5.74) is -0.455. The van der Waals surface area contributed by atoms with Crippen molar-refractivity contribution in [2.75, 3.05) is 26.9 Å². The number of aliphatic hydroxyl groups is 12. The minimum atomic E-state index is -1.74. The fraction of sp³-hybridized carbons (Fsp3) is 0.929. The van der Waals surface area contributed by atoms with Crippen molar-refractivity contribution in [2.24, 2.45) is 34.5 Å². The van der Waals surface area contributed by atoms with E-state index in [2.05, 4.69) is 13.8 Å². The molecule has 8 rings (SSSR count). The molecule has 0 bridgehead atoms. The fourth-order valence-electron chi connectivity index (χ4n) is 12.6. The van der Waals surface area contributed by atoms with Gasteiger partial charge in [0.1, 0.15) is 73.8 Å². The molecule has 3 saturated heterocycles. The van der Waals surface area contributed by atoms with Crippen LogP contribution in [0.25, 0.3) is 0 Å². The molecule has 24 atom stereocenters. The number of hydrogen-bond acceptors (Lipinski definition) is 20. The maximum absolute atomic E-state index is 12.4. The van der Waals surface area contributed by atoms with Gasteiger partial charge in [-0.2, -0.15) is 0 Å². The summed E-state index contributed by atoms with van der Waals surface area (Å²) in [6, 6.07) is 0. The van der Waals surface area contributed by atoms with Gasteiger partial charge in [-0.25, -0.2) is 4.79 Å². The predicted molar refractivity (Wildman–Crippen MR) is 208 cm³/mol. The summed E-state index contributed by atoms with van der Waals surface area (Å²) in [5, 5.41) is 121. The van der Waals surface area contributed by atoms with Crippen LogP contribution >= 0.6 is 0 Å². The van der Waals surface area contributed by atoms with Gasteiger partial charge in [0, 0.05) is 25.0 Å². The zero-order chi connectivity index (χ0) is 45.2. The van der Waals surface area contributed by atoms with Gasteiger partial charge in [-0.3, -0.25) is 0 Å². The first-order valence-corrected chi connectivity index (χ1v) is 22.0. The highest BCUT2D eigenvalue weighted by atomic mass is 16.7. The lowest BCUT2D eigenvalue weighted by atomic mass is 9.42. The van der Waals surface area contributed by atoms with Gasteiger partial charge in [0.05, 0.1) is 37.1 Å². The predicted octanol–water partition coefficient (Wildman–Crippen LogP) is -3.32. The summed E-state index contributed by atoms with van der Waals surface area (Å²) in [6.45, 7) is 5.40. The molecule has 62 heavy (non-hydrogen) atoms. The van der Waals surface area contributed by atoms with Crippen molar-refractivity contribution in [1.82, 2.24) is 0 Å². The van der Waals surface area contributed by atoms with Gasteiger partial charge in [0.25, 0.3) is 0 Å². The lowest BCUT2D eigenvalue weighted by Crippen LogP contribution is -2.65. The number of methoxy groups -OCH3 is 1. The van der Waals surface area contributed by atoms with E-state index < -0.39 is 117 Å². The lowest BCUT2D eigenvalue weighted by Gasteiger charge is -2.64. The van der Waals surface area contributed by atoms with Gasteiger partial charge in [0.15, 0.2) is 18.9 Å². The van der Waals surface area contributed by atoms with Gasteiger partial charge in [0.2, 0.25) is 0 Å². The third kappa shape index (κ3) is 8.31. The second kappa shape index (κ2) is 18.6. The Morgan fingerprint density at radius 2 is 1.44 bits per heavy atom. The van der Waals surface area contributed by atoms with E-state index in [0.717, 1.165) is 44.1 Å². The van der Waals surface area contributed by atoms with E-state index in [1.165, 1.54) is 7.11 Å². The molecule has 24 unspecified atom stereocenters. The van der Waals surface area contributed by atoms with E-state index in [4.69, 9.17) is 38.3 Å². The first-order valence-electron chi connectivity index (χ1n) is 22.0. The van der Waals surface area contributed by atoms with Crippen LogP contribution in [0.4, 0.5) is 0 Å². The van der Waals surface area contributed by atoms with Crippen LogP contribution < -0.4 is 0 Å². The quantitative estimate of drug-likeness (QED) is 0.0838. The van der Waals surface area contributed by atoms with Crippen LogP contribution in [-0.2, 0) is 38.0 Å². The molecule has 356 valence electrons. The number of cyclic esters (lactones) is 1. The molecule has 0 amide bonds. The molecule has 0 aromatic heterocycles. The van der Waals surface area contributed by atoms with E-state index in [9.17, 15) is 61.0 Å². The Labute approximate surface area is 359 Å². The number of aliphatic hydroxyl groups excluding tert-OH is 11. The SMILES string of the molecule is COC1C(O)C(C)OC(OC2CC(O)C3(C)C(CCC4C3CCC3(C)C(C5=CC(=O)OC5)CCC43O)C2)C1O.OCC1OC(OCC2OC(O)C(O)C(O)C2O)C(O)C(O)C1O. The van der Waals surface area contributed by atoms with E-state index in [1.54, 1.807) is 13.0 Å². The molecule has 8 aliphatic rings. The van der Waals surface area contributed by atoms with Crippen molar-refractivity contribution in [3.8, 4) is 0 Å². The van der Waals surface area contributed by atoms with E-state index >= 15 is 0 Å². The molecule has 0 radical (unpaired) electrons. The summed E-state index contributed by atoms with van der Waals surface area (Å²) < 4.78 is 37.7. The molecule has 4 aliphatic carbocycles. The second-order valence-electron chi connectivity index (χ2n) is 19.4. The van der Waals surface area contributed by atoms with Crippen molar-refractivity contribution in [2.45, 2.75) is 182 Å². The highest BCUT2D eigenvalue weighted by molar-refractivity contribution is 5.85. The van der Waals surface area contributed by atoms with Crippen molar-refractivity contribution in [3.63, 3.8) is 0 Å². The lowest BCUT2D eigenvalue weighted by molar-refractivity contribution is -0.325. The molecule has 20 nitrogen and oxygen atoms in total. The number of carbonyl (C=O) groups excluding carboxylic acids is 1. The average molecular weight is 893 g/mol. The molecule has 12 N–H and O–H groups in total. The van der Waals surface area contributed by atoms with Gasteiger partial charge >= 0.3 is 5.97 Å². The van der Waals surface area contributed by atoms with Crippen molar-refractivity contribution in [1.29, 1.82) is 0 Å². The monoisotopic (exact) mass is 892 g/mol. The van der Waals surface area contributed by atoms with Gasteiger partial charge < -0.3 is 94.4 Å². The zero-order valence-corrected chi connectivity index (χ0v) is 35.6. The maximum Gasteiger partial charge on any atom is 0.331 e. The molecular formula is C42H68O20. The van der Waals surface area contributed by atoms with Gasteiger partial charge in [-0.15, -0.1) is 0 Å². The van der Waals surface area contributed by atoms with E-state index in [-0.39, 0.29) is 46.6 Å². The summed E-state index contributed by atoms with van der Waals surface area (Å²) in [7, 11) is 1.45. The standard InChI is InChI=1S/C30H46O9.C12H22O11/c1-15-24(33)26(36-4)25(34)27(38-15)39-18-12-17-5-6-21-20(29(17,3)22(31)13-18)7-9-28(2)19(8-10-30(21,28)35)16-11-23(32)37-14-16;13-1-3-5(14)8(17)10(19)12(23-3)21-2-4-6(15)7(16)9(18)11(20)22-4/h11,15,17-22,24-27,31,33-35H,5-10,12-14H2,1-4H3;3-20H,1-2H2. The molecular weight excluding hydrogens is 824 g/mol. The molecule has 20 heteroatoms. The third-order valence-electron chi connectivity index (χ3n) is 16.4.